The summed E-state index contributed by atoms with van der Waals surface area (Å²) in [7, 11) is 1.60. The Kier molecular flexibility index (Phi) is 4.84. The van der Waals surface area contributed by atoms with Gasteiger partial charge in [-0.2, -0.15) is 4.98 Å². The summed E-state index contributed by atoms with van der Waals surface area (Å²) in [5, 5.41) is 3.14. The van der Waals surface area contributed by atoms with Crippen LogP contribution < -0.4 is 10.1 Å². The van der Waals surface area contributed by atoms with Crippen molar-refractivity contribution >= 4 is 5.82 Å². The molecule has 0 aliphatic heterocycles. The highest BCUT2D eigenvalue weighted by Crippen LogP contribution is 2.21. The number of aromatic nitrogens is 3. The third kappa shape index (κ3) is 3.89. The second kappa shape index (κ2) is 6.81. The molecular weight excluding hydrogens is 256 g/mol. The highest BCUT2D eigenvalue weighted by atomic mass is 16.5. The number of anilines is 1. The van der Waals surface area contributed by atoms with E-state index in [4.69, 9.17) is 9.47 Å². The lowest BCUT2D eigenvalue weighted by Gasteiger charge is -2.09. The van der Waals surface area contributed by atoms with Gasteiger partial charge in [0.15, 0.2) is 5.82 Å². The Morgan fingerprint density at radius 2 is 2.10 bits per heavy atom. The fourth-order valence-electron chi connectivity index (χ4n) is 1.63. The lowest BCUT2D eigenvalue weighted by Crippen LogP contribution is -2.05. The monoisotopic (exact) mass is 274 g/mol. The minimum Gasteiger partial charge on any atom is -0.437 e. The summed E-state index contributed by atoms with van der Waals surface area (Å²) in [6.45, 7) is 5.04. The van der Waals surface area contributed by atoms with Gasteiger partial charge in [0.1, 0.15) is 18.2 Å². The molecule has 106 valence electrons. The Bertz CT molecular complexity index is 533. The van der Waals surface area contributed by atoms with Crippen LogP contribution in [0.25, 0.3) is 0 Å². The summed E-state index contributed by atoms with van der Waals surface area (Å²) < 4.78 is 10.8. The van der Waals surface area contributed by atoms with Gasteiger partial charge in [0.25, 0.3) is 0 Å². The molecule has 1 N–H and O–H groups in total. The minimum atomic E-state index is 0.335. The standard InChI is InChI=1S/C14H18N4O2/c1-4-15-12-7-14(18-13(17-12)9-19-3)20-11-6-5-10(2)16-8-11/h5-8H,4,9H2,1-3H3,(H,15,17,18). The first-order chi connectivity index (χ1) is 9.71. The van der Waals surface area contributed by atoms with Crippen molar-refractivity contribution in [3.05, 3.63) is 35.9 Å². The van der Waals surface area contributed by atoms with Gasteiger partial charge in [0, 0.05) is 25.4 Å². The molecule has 0 fully saturated rings. The number of nitrogens with zero attached hydrogens (tertiary/aromatic N) is 3. The summed E-state index contributed by atoms with van der Waals surface area (Å²) in [6, 6.07) is 5.49. The fraction of sp³-hybridized carbons (Fsp3) is 0.357. The average Bonchev–Trinajstić information content (AvgIpc) is 2.42. The van der Waals surface area contributed by atoms with E-state index >= 15 is 0 Å². The van der Waals surface area contributed by atoms with E-state index in [2.05, 4.69) is 20.3 Å². The first-order valence-electron chi connectivity index (χ1n) is 6.42. The largest absolute Gasteiger partial charge is 0.437 e. The second-order valence-electron chi connectivity index (χ2n) is 4.21. The Morgan fingerprint density at radius 3 is 2.75 bits per heavy atom. The molecule has 0 aliphatic carbocycles. The molecule has 0 unspecified atom stereocenters. The molecular formula is C14H18N4O2. The van der Waals surface area contributed by atoms with E-state index in [9.17, 15) is 0 Å². The van der Waals surface area contributed by atoms with Gasteiger partial charge in [-0.15, -0.1) is 0 Å². The summed E-state index contributed by atoms with van der Waals surface area (Å²) in [4.78, 5) is 12.8. The van der Waals surface area contributed by atoms with Crippen LogP contribution in [0.5, 0.6) is 11.6 Å². The van der Waals surface area contributed by atoms with Gasteiger partial charge in [-0.25, -0.2) is 4.98 Å². The number of methoxy groups -OCH3 is 1. The summed E-state index contributed by atoms with van der Waals surface area (Å²) in [5.74, 6) is 2.39. The van der Waals surface area contributed by atoms with Crippen LogP contribution in [0.1, 0.15) is 18.4 Å². The predicted molar refractivity (Wildman–Crippen MR) is 76.0 cm³/mol. The zero-order chi connectivity index (χ0) is 14.4. The van der Waals surface area contributed by atoms with E-state index in [1.165, 1.54) is 0 Å². The average molecular weight is 274 g/mol. The van der Waals surface area contributed by atoms with E-state index in [1.807, 2.05) is 26.0 Å². The Morgan fingerprint density at radius 1 is 1.25 bits per heavy atom. The SMILES string of the molecule is CCNc1cc(Oc2ccc(C)nc2)nc(COC)n1. The van der Waals surface area contributed by atoms with E-state index in [1.54, 1.807) is 19.4 Å². The molecule has 2 aromatic rings. The maximum Gasteiger partial charge on any atom is 0.224 e. The van der Waals surface area contributed by atoms with Gasteiger partial charge in [-0.1, -0.05) is 0 Å². The lowest BCUT2D eigenvalue weighted by molar-refractivity contribution is 0.177. The van der Waals surface area contributed by atoms with Crippen molar-refractivity contribution in [2.45, 2.75) is 20.5 Å². The van der Waals surface area contributed by atoms with Gasteiger partial charge < -0.3 is 14.8 Å². The van der Waals surface area contributed by atoms with Crippen molar-refractivity contribution in [2.75, 3.05) is 19.0 Å². The van der Waals surface area contributed by atoms with E-state index in [-0.39, 0.29) is 0 Å². The molecule has 0 saturated heterocycles. The Labute approximate surface area is 118 Å². The summed E-state index contributed by atoms with van der Waals surface area (Å²) in [6.07, 6.45) is 1.67. The van der Waals surface area contributed by atoms with Crippen LogP contribution in [-0.4, -0.2) is 28.6 Å². The molecule has 6 heteroatoms. The van der Waals surface area contributed by atoms with Gasteiger partial charge >= 0.3 is 0 Å². The molecule has 0 atom stereocenters. The summed E-state index contributed by atoms with van der Waals surface area (Å²) in [5.41, 5.74) is 0.938. The van der Waals surface area contributed by atoms with Crippen LogP contribution in [0, 0.1) is 6.92 Å². The second-order valence-corrected chi connectivity index (χ2v) is 4.21. The molecule has 0 aliphatic rings. The zero-order valence-electron chi connectivity index (χ0n) is 11.9. The number of hydrogen-bond acceptors (Lipinski definition) is 6. The van der Waals surface area contributed by atoms with E-state index in [0.717, 1.165) is 12.2 Å². The van der Waals surface area contributed by atoms with Crippen LogP contribution >= 0.6 is 0 Å². The lowest BCUT2D eigenvalue weighted by atomic mass is 10.4. The molecule has 0 aromatic carbocycles. The number of pyridine rings is 1. The minimum absolute atomic E-state index is 0.335. The first-order valence-corrected chi connectivity index (χ1v) is 6.42. The van der Waals surface area contributed by atoms with Gasteiger partial charge in [-0.3, -0.25) is 4.98 Å². The third-order valence-corrected chi connectivity index (χ3v) is 2.49. The van der Waals surface area contributed by atoms with Crippen LogP contribution in [-0.2, 0) is 11.3 Å². The van der Waals surface area contributed by atoms with Crippen molar-refractivity contribution in [3.63, 3.8) is 0 Å². The van der Waals surface area contributed by atoms with Crippen molar-refractivity contribution in [2.24, 2.45) is 0 Å². The normalized spacial score (nSPS) is 10.3. The van der Waals surface area contributed by atoms with Crippen LogP contribution in [0.3, 0.4) is 0 Å². The zero-order valence-corrected chi connectivity index (χ0v) is 11.9. The maximum absolute atomic E-state index is 5.70. The van der Waals surface area contributed by atoms with Crippen molar-refractivity contribution in [3.8, 4) is 11.6 Å². The van der Waals surface area contributed by atoms with Crippen LogP contribution in [0.2, 0.25) is 0 Å². The van der Waals surface area contributed by atoms with Gasteiger partial charge in [0.05, 0.1) is 6.20 Å². The van der Waals surface area contributed by atoms with Gasteiger partial charge in [0.2, 0.25) is 5.88 Å². The molecule has 20 heavy (non-hydrogen) atoms. The summed E-state index contributed by atoms with van der Waals surface area (Å²) >= 11 is 0. The number of rotatable bonds is 6. The van der Waals surface area contributed by atoms with Crippen LogP contribution in [0.4, 0.5) is 5.82 Å². The predicted octanol–water partition coefficient (Wildman–Crippen LogP) is 2.55. The molecule has 6 nitrogen and oxygen atoms in total. The number of ether oxygens (including phenoxy) is 2. The first kappa shape index (κ1) is 14.2. The van der Waals surface area contributed by atoms with Crippen molar-refractivity contribution < 1.29 is 9.47 Å². The number of nitrogens with one attached hydrogen (secondary N) is 1. The molecule has 0 spiro atoms. The highest BCUT2D eigenvalue weighted by Gasteiger charge is 2.06. The number of aryl methyl sites for hydroxylation is 1. The molecule has 0 radical (unpaired) electrons. The van der Waals surface area contributed by atoms with Crippen molar-refractivity contribution in [1.82, 2.24) is 15.0 Å². The Hall–Kier alpha value is -2.21. The molecule has 0 saturated carbocycles. The quantitative estimate of drug-likeness (QED) is 0.873. The topological polar surface area (TPSA) is 69.2 Å². The molecule has 0 amide bonds. The van der Waals surface area contributed by atoms with Crippen LogP contribution in [0.15, 0.2) is 24.4 Å². The maximum atomic E-state index is 5.70. The Balaban J connectivity index is 2.22. The smallest absolute Gasteiger partial charge is 0.224 e. The fourth-order valence-corrected chi connectivity index (χ4v) is 1.63. The third-order valence-electron chi connectivity index (χ3n) is 2.49. The molecule has 2 rings (SSSR count). The van der Waals surface area contributed by atoms with E-state index in [0.29, 0.717) is 29.9 Å². The molecule has 2 heterocycles. The van der Waals surface area contributed by atoms with Crippen molar-refractivity contribution in [1.29, 1.82) is 0 Å². The number of hydrogen-bond donors (Lipinski definition) is 1. The molecule has 0 bridgehead atoms. The van der Waals surface area contributed by atoms with E-state index < -0.39 is 0 Å². The molecule has 2 aromatic heterocycles. The van der Waals surface area contributed by atoms with Gasteiger partial charge in [-0.05, 0) is 26.0 Å². The highest BCUT2D eigenvalue weighted by molar-refractivity contribution is 5.39.